The number of hydrogen-bond donors (Lipinski definition) is 2. The van der Waals surface area contributed by atoms with E-state index < -0.39 is 0 Å². The van der Waals surface area contributed by atoms with Crippen LogP contribution in [0.1, 0.15) is 31.7 Å². The van der Waals surface area contributed by atoms with E-state index in [1.54, 1.807) is 22.8 Å². The second-order valence-electron chi connectivity index (χ2n) is 8.06. The van der Waals surface area contributed by atoms with E-state index in [0.717, 1.165) is 28.9 Å². The lowest BCUT2D eigenvalue weighted by Crippen LogP contribution is -2.28. The first-order valence-electron chi connectivity index (χ1n) is 11.4. The molecular formula is C27H27ClN4O2. The Kier molecular flexibility index (Phi) is 7.28. The van der Waals surface area contributed by atoms with Crippen LogP contribution in [0, 0.1) is 0 Å². The van der Waals surface area contributed by atoms with E-state index in [1.807, 2.05) is 55.5 Å². The smallest absolute Gasteiger partial charge is 0.319 e. The van der Waals surface area contributed by atoms with E-state index in [9.17, 15) is 9.59 Å². The number of rotatable bonds is 7. The highest BCUT2D eigenvalue weighted by Gasteiger charge is 2.13. The molecule has 34 heavy (non-hydrogen) atoms. The number of anilines is 1. The maximum Gasteiger partial charge on any atom is 0.319 e. The number of carbonyl (C=O) groups excluding carboxylic acids is 1. The molecule has 0 saturated heterocycles. The summed E-state index contributed by atoms with van der Waals surface area (Å²) in [5.74, 6) is 0.750. The van der Waals surface area contributed by atoms with Crippen LogP contribution in [0.3, 0.4) is 0 Å². The number of hydrogen-bond acceptors (Lipinski definition) is 3. The van der Waals surface area contributed by atoms with Crippen LogP contribution in [0.4, 0.5) is 10.5 Å². The average Bonchev–Trinajstić information content (AvgIpc) is 2.83. The summed E-state index contributed by atoms with van der Waals surface area (Å²) in [5.41, 5.74) is 4.04. The van der Waals surface area contributed by atoms with Gasteiger partial charge in [-0.05, 0) is 48.7 Å². The fourth-order valence-electron chi connectivity index (χ4n) is 3.93. The number of aromatic nitrogens is 2. The number of halogens is 1. The first-order chi connectivity index (χ1) is 16.5. The van der Waals surface area contributed by atoms with Crippen LogP contribution in [-0.2, 0) is 13.0 Å². The largest absolute Gasteiger partial charge is 0.338 e. The maximum absolute atomic E-state index is 13.5. The number of urea groups is 1. The van der Waals surface area contributed by atoms with Crippen molar-refractivity contribution >= 4 is 34.2 Å². The van der Waals surface area contributed by atoms with Crippen molar-refractivity contribution in [2.75, 3.05) is 11.9 Å². The number of fused-ring (bicyclic) bond motifs is 1. The number of amides is 2. The predicted molar refractivity (Wildman–Crippen MR) is 139 cm³/mol. The van der Waals surface area contributed by atoms with Crippen molar-refractivity contribution in [3.63, 3.8) is 0 Å². The monoisotopic (exact) mass is 474 g/mol. The lowest BCUT2D eigenvalue weighted by atomic mass is 10.0. The van der Waals surface area contributed by atoms with Crippen LogP contribution in [0.25, 0.3) is 22.0 Å². The molecule has 7 heteroatoms. The first kappa shape index (κ1) is 23.5. The van der Waals surface area contributed by atoms with Crippen LogP contribution in [0.5, 0.6) is 0 Å². The zero-order valence-corrected chi connectivity index (χ0v) is 20.0. The van der Waals surface area contributed by atoms with E-state index in [2.05, 4.69) is 17.6 Å². The van der Waals surface area contributed by atoms with Gasteiger partial charge in [0.1, 0.15) is 5.82 Å². The maximum atomic E-state index is 13.5. The van der Waals surface area contributed by atoms with E-state index in [-0.39, 0.29) is 11.6 Å². The van der Waals surface area contributed by atoms with Gasteiger partial charge < -0.3 is 10.6 Å². The Morgan fingerprint density at radius 2 is 1.79 bits per heavy atom. The predicted octanol–water partition coefficient (Wildman–Crippen LogP) is 5.86. The van der Waals surface area contributed by atoms with Gasteiger partial charge in [0.2, 0.25) is 0 Å². The van der Waals surface area contributed by atoms with Crippen molar-refractivity contribution in [2.45, 2.75) is 33.2 Å². The summed E-state index contributed by atoms with van der Waals surface area (Å²) in [5, 5.41) is 6.63. The fraction of sp³-hybridized carbons (Fsp3) is 0.222. The zero-order chi connectivity index (χ0) is 24.1. The van der Waals surface area contributed by atoms with Gasteiger partial charge in [0.25, 0.3) is 5.56 Å². The number of nitrogens with one attached hydrogen (secondary N) is 2. The molecule has 0 spiro atoms. The molecule has 0 unspecified atom stereocenters. The molecule has 0 fully saturated rings. The average molecular weight is 475 g/mol. The molecule has 2 amide bonds. The summed E-state index contributed by atoms with van der Waals surface area (Å²) < 4.78 is 1.73. The Bertz CT molecular complexity index is 1380. The van der Waals surface area contributed by atoms with Crippen molar-refractivity contribution in [3.05, 3.63) is 93.5 Å². The normalized spacial score (nSPS) is 10.9. The highest BCUT2D eigenvalue weighted by molar-refractivity contribution is 6.33. The van der Waals surface area contributed by atoms with Gasteiger partial charge in [-0.1, -0.05) is 61.0 Å². The van der Waals surface area contributed by atoms with Crippen LogP contribution in [0.2, 0.25) is 5.02 Å². The van der Waals surface area contributed by atoms with E-state index >= 15 is 0 Å². The summed E-state index contributed by atoms with van der Waals surface area (Å²) in [4.78, 5) is 30.2. The van der Waals surface area contributed by atoms with Gasteiger partial charge in [0.15, 0.2) is 0 Å². The van der Waals surface area contributed by atoms with Gasteiger partial charge in [-0.2, -0.15) is 0 Å². The first-order valence-corrected chi connectivity index (χ1v) is 11.8. The lowest BCUT2D eigenvalue weighted by molar-refractivity contribution is 0.252. The molecule has 0 aliphatic heterocycles. The molecule has 4 aromatic rings. The summed E-state index contributed by atoms with van der Waals surface area (Å²) in [6, 6.07) is 20.7. The van der Waals surface area contributed by atoms with Gasteiger partial charge in [-0.25, -0.2) is 9.78 Å². The Hall–Kier alpha value is -3.64. The molecule has 0 saturated carbocycles. The van der Waals surface area contributed by atoms with E-state index in [0.29, 0.717) is 41.1 Å². The van der Waals surface area contributed by atoms with Crippen LogP contribution >= 0.6 is 11.6 Å². The van der Waals surface area contributed by atoms with Crippen molar-refractivity contribution in [3.8, 4) is 11.1 Å². The highest BCUT2D eigenvalue weighted by Crippen LogP contribution is 2.27. The molecule has 1 heterocycles. The summed E-state index contributed by atoms with van der Waals surface area (Å²) in [6.45, 7) is 4.84. The van der Waals surface area contributed by atoms with Gasteiger partial charge in [0.05, 0.1) is 17.4 Å². The van der Waals surface area contributed by atoms with E-state index in [4.69, 9.17) is 16.6 Å². The Balaban J connectivity index is 1.69. The van der Waals surface area contributed by atoms with Crippen molar-refractivity contribution in [2.24, 2.45) is 0 Å². The molecule has 6 nitrogen and oxygen atoms in total. The van der Waals surface area contributed by atoms with Gasteiger partial charge in [0, 0.05) is 29.2 Å². The molecule has 0 aliphatic rings. The molecule has 0 atom stereocenters. The zero-order valence-electron chi connectivity index (χ0n) is 19.3. The summed E-state index contributed by atoms with van der Waals surface area (Å²) >= 11 is 6.34. The van der Waals surface area contributed by atoms with E-state index in [1.165, 1.54) is 0 Å². The lowest BCUT2D eigenvalue weighted by Gasteiger charge is -2.15. The molecule has 0 aliphatic carbocycles. The van der Waals surface area contributed by atoms with Crippen LogP contribution in [0.15, 0.2) is 71.5 Å². The minimum Gasteiger partial charge on any atom is -0.338 e. The molecule has 0 radical (unpaired) electrons. The Morgan fingerprint density at radius 3 is 2.50 bits per heavy atom. The highest BCUT2D eigenvalue weighted by atomic mass is 35.5. The summed E-state index contributed by atoms with van der Waals surface area (Å²) in [6.07, 6.45) is 1.57. The third-order valence-corrected chi connectivity index (χ3v) is 5.91. The second-order valence-corrected chi connectivity index (χ2v) is 8.47. The standard InChI is InChI=1S/C27H27ClN4O2/c1-3-7-25-31-24-15-14-20(30-27(34)29-4-2)16-22(24)26(33)32(25)17-18-10-12-19(13-11-18)21-8-5-6-9-23(21)28/h5-6,8-16H,3-4,7,17H2,1-2H3,(H2,29,30,34). The SMILES string of the molecule is CCCc1nc2ccc(NC(=O)NCC)cc2c(=O)n1Cc1ccc(-c2ccccc2Cl)cc1. The minimum absolute atomic E-state index is 0.122. The number of carbonyl (C=O) groups is 1. The van der Waals surface area contributed by atoms with Crippen molar-refractivity contribution < 1.29 is 4.79 Å². The third-order valence-electron chi connectivity index (χ3n) is 5.58. The third kappa shape index (κ3) is 5.13. The topological polar surface area (TPSA) is 76.0 Å². The molecule has 174 valence electrons. The number of benzene rings is 3. The van der Waals surface area contributed by atoms with Crippen molar-refractivity contribution in [1.82, 2.24) is 14.9 Å². The van der Waals surface area contributed by atoms with Gasteiger partial charge in [-0.15, -0.1) is 0 Å². The summed E-state index contributed by atoms with van der Waals surface area (Å²) in [7, 11) is 0. The van der Waals surface area contributed by atoms with Crippen LogP contribution in [-0.4, -0.2) is 22.1 Å². The fourth-order valence-corrected chi connectivity index (χ4v) is 4.17. The molecule has 4 rings (SSSR count). The Morgan fingerprint density at radius 1 is 1.03 bits per heavy atom. The quantitative estimate of drug-likeness (QED) is 0.352. The Labute approximate surface area is 203 Å². The molecular weight excluding hydrogens is 448 g/mol. The van der Waals surface area contributed by atoms with Gasteiger partial charge >= 0.3 is 6.03 Å². The number of nitrogens with zero attached hydrogens (tertiary/aromatic N) is 2. The molecule has 3 aromatic carbocycles. The second kappa shape index (κ2) is 10.5. The minimum atomic E-state index is -0.309. The van der Waals surface area contributed by atoms with Crippen molar-refractivity contribution in [1.29, 1.82) is 0 Å². The molecule has 0 bridgehead atoms. The molecule has 2 N–H and O–H groups in total. The number of aryl methyl sites for hydroxylation is 1. The molecule has 1 aromatic heterocycles. The van der Waals surface area contributed by atoms with Gasteiger partial charge in [-0.3, -0.25) is 9.36 Å². The van der Waals surface area contributed by atoms with Crippen LogP contribution < -0.4 is 16.2 Å².